The third kappa shape index (κ3) is 2.93. The summed E-state index contributed by atoms with van der Waals surface area (Å²) in [6, 6.07) is 1.93. The molecule has 0 aliphatic carbocycles. The standard InChI is InChI=1S/C18H23N5O2/c1-12-4-9-25-18(11-12)5-7-22(8-6-18)16(24)15-20-17-19-13(2)10-14(3)23(17)21-15/h10-11H,4-9H2,1-3H3. The summed E-state index contributed by atoms with van der Waals surface area (Å²) in [5.74, 6) is 0.561. The van der Waals surface area contributed by atoms with E-state index in [1.54, 1.807) is 4.52 Å². The fraction of sp³-hybridized carbons (Fsp3) is 0.556. The number of carbonyl (C=O) groups is 1. The van der Waals surface area contributed by atoms with Crippen LogP contribution in [0.4, 0.5) is 0 Å². The summed E-state index contributed by atoms with van der Waals surface area (Å²) in [6.07, 6.45) is 4.89. The van der Waals surface area contributed by atoms with Crippen LogP contribution in [-0.4, -0.2) is 55.7 Å². The predicted octanol–water partition coefficient (Wildman–Crippen LogP) is 2.08. The van der Waals surface area contributed by atoms with Crippen LogP contribution in [0.3, 0.4) is 0 Å². The molecular weight excluding hydrogens is 318 g/mol. The van der Waals surface area contributed by atoms with Gasteiger partial charge in [-0.05, 0) is 46.1 Å². The largest absolute Gasteiger partial charge is 0.370 e. The molecule has 2 aliphatic rings. The molecule has 7 nitrogen and oxygen atoms in total. The second-order valence-corrected chi connectivity index (χ2v) is 7.13. The van der Waals surface area contributed by atoms with Gasteiger partial charge in [0.05, 0.1) is 12.2 Å². The fourth-order valence-electron chi connectivity index (χ4n) is 3.75. The third-order valence-corrected chi connectivity index (χ3v) is 5.10. The highest BCUT2D eigenvalue weighted by Gasteiger charge is 2.37. The van der Waals surface area contributed by atoms with E-state index in [0.29, 0.717) is 18.9 Å². The molecular formula is C18H23N5O2. The van der Waals surface area contributed by atoms with E-state index in [4.69, 9.17) is 4.74 Å². The summed E-state index contributed by atoms with van der Waals surface area (Å²) < 4.78 is 7.65. The van der Waals surface area contributed by atoms with Crippen LogP contribution in [0.2, 0.25) is 0 Å². The average molecular weight is 341 g/mol. The number of rotatable bonds is 1. The first-order chi connectivity index (χ1) is 12.0. The number of nitrogens with zero attached hydrogens (tertiary/aromatic N) is 5. The van der Waals surface area contributed by atoms with Gasteiger partial charge < -0.3 is 9.64 Å². The Kier molecular flexibility index (Phi) is 3.83. The first-order valence-corrected chi connectivity index (χ1v) is 8.78. The highest BCUT2D eigenvalue weighted by atomic mass is 16.5. The molecule has 25 heavy (non-hydrogen) atoms. The van der Waals surface area contributed by atoms with Crippen molar-refractivity contribution in [1.82, 2.24) is 24.5 Å². The number of likely N-dealkylation sites (tertiary alicyclic amines) is 1. The van der Waals surface area contributed by atoms with Gasteiger partial charge in [0, 0.05) is 24.5 Å². The summed E-state index contributed by atoms with van der Waals surface area (Å²) in [7, 11) is 0. The Morgan fingerprint density at radius 1 is 1.20 bits per heavy atom. The van der Waals surface area contributed by atoms with Crippen molar-refractivity contribution in [2.75, 3.05) is 19.7 Å². The van der Waals surface area contributed by atoms with Crippen molar-refractivity contribution in [2.45, 2.75) is 45.6 Å². The van der Waals surface area contributed by atoms with Gasteiger partial charge in [-0.1, -0.05) is 11.6 Å². The van der Waals surface area contributed by atoms with Gasteiger partial charge in [0.1, 0.15) is 0 Å². The topological polar surface area (TPSA) is 72.6 Å². The number of piperidine rings is 1. The zero-order valence-corrected chi connectivity index (χ0v) is 14.9. The van der Waals surface area contributed by atoms with Crippen molar-refractivity contribution in [3.05, 3.63) is 34.9 Å². The van der Waals surface area contributed by atoms with Gasteiger partial charge in [-0.2, -0.15) is 4.98 Å². The summed E-state index contributed by atoms with van der Waals surface area (Å²) in [5.41, 5.74) is 2.97. The Bertz CT molecular complexity index is 862. The Hall–Kier alpha value is -2.28. The Labute approximate surface area is 146 Å². The van der Waals surface area contributed by atoms with Crippen LogP contribution in [-0.2, 0) is 4.74 Å². The molecule has 4 rings (SSSR count). The lowest BCUT2D eigenvalue weighted by Gasteiger charge is -2.41. The second kappa shape index (κ2) is 5.91. The molecule has 1 fully saturated rings. The fourth-order valence-corrected chi connectivity index (χ4v) is 3.75. The lowest BCUT2D eigenvalue weighted by molar-refractivity contribution is -0.0523. The van der Waals surface area contributed by atoms with Crippen molar-refractivity contribution < 1.29 is 9.53 Å². The van der Waals surface area contributed by atoms with Crippen LogP contribution in [0.5, 0.6) is 0 Å². The number of carbonyl (C=O) groups excluding carboxylic acids is 1. The van der Waals surface area contributed by atoms with Crippen LogP contribution < -0.4 is 0 Å². The normalized spacial score (nSPS) is 20.1. The molecule has 0 unspecified atom stereocenters. The summed E-state index contributed by atoms with van der Waals surface area (Å²) in [6.45, 7) is 8.08. The Balaban J connectivity index is 1.53. The SMILES string of the molecule is CC1=CC2(CCN(C(=O)c3nc4nc(C)cc(C)n4n3)CC2)OCC1. The van der Waals surface area contributed by atoms with Gasteiger partial charge >= 0.3 is 0 Å². The molecule has 2 aromatic heterocycles. The molecule has 1 amide bonds. The molecule has 0 atom stereocenters. The highest BCUT2D eigenvalue weighted by Crippen LogP contribution is 2.33. The van der Waals surface area contributed by atoms with Gasteiger partial charge in [0.2, 0.25) is 5.82 Å². The van der Waals surface area contributed by atoms with Gasteiger partial charge in [-0.25, -0.2) is 9.50 Å². The minimum atomic E-state index is -0.194. The van der Waals surface area contributed by atoms with Crippen molar-refractivity contribution in [1.29, 1.82) is 0 Å². The van der Waals surface area contributed by atoms with E-state index in [1.165, 1.54) is 5.57 Å². The smallest absolute Gasteiger partial charge is 0.293 e. The summed E-state index contributed by atoms with van der Waals surface area (Å²) in [5, 5.41) is 4.35. The number of ether oxygens (including phenoxy) is 1. The Morgan fingerprint density at radius 3 is 2.68 bits per heavy atom. The number of fused-ring (bicyclic) bond motifs is 1. The number of aryl methyl sites for hydroxylation is 2. The molecule has 132 valence electrons. The van der Waals surface area contributed by atoms with Crippen LogP contribution in [0.15, 0.2) is 17.7 Å². The van der Waals surface area contributed by atoms with E-state index in [2.05, 4.69) is 28.1 Å². The van der Waals surface area contributed by atoms with E-state index >= 15 is 0 Å². The number of aromatic nitrogens is 4. The molecule has 0 saturated carbocycles. The van der Waals surface area contributed by atoms with Crippen LogP contribution in [0.25, 0.3) is 5.78 Å². The summed E-state index contributed by atoms with van der Waals surface area (Å²) >= 11 is 0. The number of amides is 1. The van der Waals surface area contributed by atoms with E-state index < -0.39 is 0 Å². The van der Waals surface area contributed by atoms with Gasteiger partial charge in [0.15, 0.2) is 0 Å². The molecule has 2 aliphatic heterocycles. The van der Waals surface area contributed by atoms with E-state index in [0.717, 1.165) is 37.3 Å². The summed E-state index contributed by atoms with van der Waals surface area (Å²) in [4.78, 5) is 23.3. The van der Waals surface area contributed by atoms with Gasteiger partial charge in [-0.15, -0.1) is 5.10 Å². The van der Waals surface area contributed by atoms with Crippen LogP contribution in [0, 0.1) is 13.8 Å². The monoisotopic (exact) mass is 341 g/mol. The molecule has 0 N–H and O–H groups in total. The van der Waals surface area contributed by atoms with Gasteiger partial charge in [0.25, 0.3) is 11.7 Å². The van der Waals surface area contributed by atoms with Crippen molar-refractivity contribution >= 4 is 11.7 Å². The van der Waals surface area contributed by atoms with E-state index in [9.17, 15) is 4.79 Å². The Morgan fingerprint density at radius 2 is 1.96 bits per heavy atom. The molecule has 0 bridgehead atoms. The number of hydrogen-bond donors (Lipinski definition) is 0. The van der Waals surface area contributed by atoms with Crippen molar-refractivity contribution in [3.8, 4) is 0 Å². The second-order valence-electron chi connectivity index (χ2n) is 7.13. The molecule has 2 aromatic rings. The maximum Gasteiger partial charge on any atom is 0.293 e. The lowest BCUT2D eigenvalue weighted by atomic mass is 9.87. The van der Waals surface area contributed by atoms with E-state index in [-0.39, 0.29) is 17.3 Å². The maximum absolute atomic E-state index is 12.8. The molecule has 1 saturated heterocycles. The van der Waals surface area contributed by atoms with Crippen LogP contribution >= 0.6 is 0 Å². The first-order valence-electron chi connectivity index (χ1n) is 8.78. The van der Waals surface area contributed by atoms with Gasteiger partial charge in [-0.3, -0.25) is 4.79 Å². The third-order valence-electron chi connectivity index (χ3n) is 5.10. The predicted molar refractivity (Wildman–Crippen MR) is 92.5 cm³/mol. The first kappa shape index (κ1) is 16.2. The molecule has 0 radical (unpaired) electrons. The molecule has 0 aromatic carbocycles. The zero-order valence-electron chi connectivity index (χ0n) is 14.9. The molecule has 1 spiro atoms. The van der Waals surface area contributed by atoms with E-state index in [1.807, 2.05) is 24.8 Å². The molecule has 4 heterocycles. The van der Waals surface area contributed by atoms with Crippen molar-refractivity contribution in [2.24, 2.45) is 0 Å². The lowest BCUT2D eigenvalue weighted by Crippen LogP contribution is -2.48. The number of hydrogen-bond acceptors (Lipinski definition) is 5. The average Bonchev–Trinajstić information content (AvgIpc) is 2.99. The van der Waals surface area contributed by atoms with Crippen molar-refractivity contribution in [3.63, 3.8) is 0 Å². The minimum Gasteiger partial charge on any atom is -0.370 e. The van der Waals surface area contributed by atoms with Crippen LogP contribution in [0.1, 0.15) is 48.2 Å². The highest BCUT2D eigenvalue weighted by molar-refractivity contribution is 5.91. The maximum atomic E-state index is 12.8. The minimum absolute atomic E-state index is 0.131. The molecule has 7 heteroatoms. The quantitative estimate of drug-likeness (QED) is 0.743. The zero-order chi connectivity index (χ0) is 17.6.